The smallest absolute Gasteiger partial charge is 0.333 e. The van der Waals surface area contributed by atoms with Gasteiger partial charge in [0.15, 0.2) is 0 Å². The van der Waals surface area contributed by atoms with Crippen LogP contribution in [-0.4, -0.2) is 42.7 Å². The minimum atomic E-state index is -0.278. The number of ether oxygens (including phenoxy) is 1. The number of quaternary nitrogens is 1. The zero-order valence-electron chi connectivity index (χ0n) is 12.1. The van der Waals surface area contributed by atoms with Crippen molar-refractivity contribution in [3.63, 3.8) is 0 Å². The van der Waals surface area contributed by atoms with Crippen LogP contribution >= 0.6 is 0 Å². The predicted octanol–water partition coefficient (Wildman–Crippen LogP) is 2.76. The number of rotatable bonds is 8. The van der Waals surface area contributed by atoms with Crippen molar-refractivity contribution in [2.24, 2.45) is 0 Å². The summed E-state index contributed by atoms with van der Waals surface area (Å²) >= 11 is 0. The predicted molar refractivity (Wildman–Crippen MR) is 71.7 cm³/mol. The molecule has 0 saturated carbocycles. The first-order chi connectivity index (χ1) is 7.93. The maximum Gasteiger partial charge on any atom is 0.333 e. The molecule has 0 aromatic heterocycles. The van der Waals surface area contributed by atoms with Crippen LogP contribution in [0.3, 0.4) is 0 Å². The molecule has 100 valence electrons. The van der Waals surface area contributed by atoms with Crippen molar-refractivity contribution in [1.29, 1.82) is 0 Å². The summed E-state index contributed by atoms with van der Waals surface area (Å²) in [5.41, 5.74) is 0.472. The first-order valence-electron chi connectivity index (χ1n) is 6.61. The van der Waals surface area contributed by atoms with Crippen molar-refractivity contribution in [2.75, 3.05) is 26.2 Å². The molecule has 0 aromatic rings. The molecular weight excluding hydrogens is 214 g/mol. The van der Waals surface area contributed by atoms with Gasteiger partial charge in [0.1, 0.15) is 0 Å². The second-order valence-electron chi connectivity index (χ2n) is 4.72. The van der Waals surface area contributed by atoms with E-state index in [0.29, 0.717) is 18.2 Å². The van der Waals surface area contributed by atoms with Crippen LogP contribution in [0.2, 0.25) is 0 Å². The molecule has 0 fully saturated rings. The van der Waals surface area contributed by atoms with E-state index >= 15 is 0 Å². The Morgan fingerprint density at radius 2 is 1.71 bits per heavy atom. The van der Waals surface area contributed by atoms with Crippen LogP contribution in [0.5, 0.6) is 0 Å². The quantitative estimate of drug-likeness (QED) is 0.372. The molecule has 0 rings (SSSR count). The van der Waals surface area contributed by atoms with E-state index in [2.05, 4.69) is 34.3 Å². The zero-order chi connectivity index (χ0) is 13.5. The molecule has 0 aromatic carbocycles. The fraction of sp³-hybridized carbons (Fsp3) is 0.786. The Bertz CT molecular complexity index is 249. The van der Waals surface area contributed by atoms with Crippen LogP contribution in [0.15, 0.2) is 12.2 Å². The third-order valence-corrected chi connectivity index (χ3v) is 3.94. The minimum absolute atomic E-state index is 0.278. The Hall–Kier alpha value is -0.830. The molecule has 3 nitrogen and oxygen atoms in total. The molecule has 1 atom stereocenters. The van der Waals surface area contributed by atoms with E-state index in [9.17, 15) is 4.79 Å². The highest BCUT2D eigenvalue weighted by Crippen LogP contribution is 2.16. The minimum Gasteiger partial charge on any atom is -0.462 e. The van der Waals surface area contributed by atoms with Gasteiger partial charge in [0.2, 0.25) is 0 Å². The lowest BCUT2D eigenvalue weighted by atomic mass is 10.1. The molecule has 0 bridgehead atoms. The van der Waals surface area contributed by atoms with E-state index in [1.54, 1.807) is 6.92 Å². The molecule has 0 aliphatic heterocycles. The third kappa shape index (κ3) is 4.50. The van der Waals surface area contributed by atoms with E-state index in [4.69, 9.17) is 4.74 Å². The van der Waals surface area contributed by atoms with Gasteiger partial charge in [-0.15, -0.1) is 0 Å². The molecule has 0 N–H and O–H groups in total. The first-order valence-corrected chi connectivity index (χ1v) is 6.61. The summed E-state index contributed by atoms with van der Waals surface area (Å²) in [6.45, 7) is 18.0. The largest absolute Gasteiger partial charge is 0.462 e. The summed E-state index contributed by atoms with van der Waals surface area (Å²) in [5, 5.41) is 0. The highest BCUT2D eigenvalue weighted by Gasteiger charge is 2.28. The van der Waals surface area contributed by atoms with Crippen molar-refractivity contribution < 1.29 is 14.0 Å². The van der Waals surface area contributed by atoms with E-state index < -0.39 is 0 Å². The lowest BCUT2D eigenvalue weighted by Crippen LogP contribution is -2.54. The highest BCUT2D eigenvalue weighted by molar-refractivity contribution is 5.86. The summed E-state index contributed by atoms with van der Waals surface area (Å²) < 4.78 is 6.24. The van der Waals surface area contributed by atoms with Gasteiger partial charge in [-0.3, -0.25) is 0 Å². The highest BCUT2D eigenvalue weighted by atomic mass is 16.5. The second kappa shape index (κ2) is 7.49. The topological polar surface area (TPSA) is 26.3 Å². The van der Waals surface area contributed by atoms with Gasteiger partial charge in [-0.05, 0) is 34.6 Å². The molecular formula is C14H28NO2+. The normalized spacial score (nSPS) is 13.2. The number of carbonyl (C=O) groups excluding carboxylic acids is 1. The molecule has 3 heteroatoms. The maximum absolute atomic E-state index is 11.3. The molecule has 0 aliphatic carbocycles. The maximum atomic E-state index is 11.3. The van der Waals surface area contributed by atoms with Crippen LogP contribution in [0.25, 0.3) is 0 Å². The van der Waals surface area contributed by atoms with Gasteiger partial charge in [-0.25, -0.2) is 4.79 Å². The van der Waals surface area contributed by atoms with Gasteiger partial charge in [0.05, 0.1) is 32.3 Å². The van der Waals surface area contributed by atoms with Crippen molar-refractivity contribution in [1.82, 2.24) is 0 Å². The Labute approximate surface area is 106 Å². The molecule has 0 spiro atoms. The Balaban J connectivity index is 4.20. The number of hydrogen-bond acceptors (Lipinski definition) is 2. The Morgan fingerprint density at radius 3 is 2.06 bits per heavy atom. The molecule has 0 aliphatic rings. The lowest BCUT2D eigenvalue weighted by molar-refractivity contribution is -0.945. The fourth-order valence-electron chi connectivity index (χ4n) is 2.33. The second-order valence-corrected chi connectivity index (χ2v) is 4.72. The van der Waals surface area contributed by atoms with Gasteiger partial charge in [0, 0.05) is 12.0 Å². The molecule has 1 unspecified atom stereocenters. The number of hydrogen-bond donors (Lipinski definition) is 0. The number of esters is 1. The van der Waals surface area contributed by atoms with E-state index in [-0.39, 0.29) is 5.97 Å². The number of carbonyl (C=O) groups is 1. The van der Waals surface area contributed by atoms with Crippen LogP contribution < -0.4 is 0 Å². The van der Waals surface area contributed by atoms with Gasteiger partial charge in [-0.2, -0.15) is 0 Å². The zero-order valence-corrected chi connectivity index (χ0v) is 12.1. The number of nitrogens with zero attached hydrogens (tertiary/aromatic N) is 1. The van der Waals surface area contributed by atoms with Crippen molar-refractivity contribution in [3.05, 3.63) is 12.2 Å². The third-order valence-electron chi connectivity index (χ3n) is 3.94. The standard InChI is InChI=1S/C14H28NO2/c1-7-15(8-2,9-3)13(6)10-11-17-14(16)12(4)5/h13H,4,7-11H2,1-3,5-6H3/q+1. The summed E-state index contributed by atoms with van der Waals surface area (Å²) in [6.07, 6.45) is 0.911. The average Bonchev–Trinajstić information content (AvgIpc) is 2.31. The SMILES string of the molecule is C=C(C)C(=O)OCCC(C)[N+](CC)(CC)CC. The monoisotopic (exact) mass is 242 g/mol. The first kappa shape index (κ1) is 16.2. The molecule has 0 radical (unpaired) electrons. The van der Waals surface area contributed by atoms with Gasteiger partial charge in [-0.1, -0.05) is 6.58 Å². The molecule has 0 amide bonds. The fourth-order valence-corrected chi connectivity index (χ4v) is 2.33. The average molecular weight is 242 g/mol. The lowest BCUT2D eigenvalue weighted by Gasteiger charge is -2.41. The Kier molecular flexibility index (Phi) is 7.12. The van der Waals surface area contributed by atoms with Gasteiger partial charge in [0.25, 0.3) is 0 Å². The molecule has 0 heterocycles. The summed E-state index contributed by atoms with van der Waals surface area (Å²) in [5.74, 6) is -0.278. The van der Waals surface area contributed by atoms with Crippen LogP contribution in [0.4, 0.5) is 0 Å². The van der Waals surface area contributed by atoms with Gasteiger partial charge >= 0.3 is 5.97 Å². The summed E-state index contributed by atoms with van der Waals surface area (Å²) in [6, 6.07) is 0.521. The van der Waals surface area contributed by atoms with Crippen molar-refractivity contribution >= 4 is 5.97 Å². The summed E-state index contributed by atoms with van der Waals surface area (Å²) in [7, 11) is 0. The molecule has 0 saturated heterocycles. The summed E-state index contributed by atoms with van der Waals surface area (Å²) in [4.78, 5) is 11.3. The van der Waals surface area contributed by atoms with Crippen molar-refractivity contribution in [3.8, 4) is 0 Å². The van der Waals surface area contributed by atoms with E-state index in [0.717, 1.165) is 30.5 Å². The van der Waals surface area contributed by atoms with Crippen LogP contribution in [0, 0.1) is 0 Å². The van der Waals surface area contributed by atoms with E-state index in [1.807, 2.05) is 0 Å². The Morgan fingerprint density at radius 1 is 1.24 bits per heavy atom. The van der Waals surface area contributed by atoms with Crippen LogP contribution in [0.1, 0.15) is 41.0 Å². The van der Waals surface area contributed by atoms with E-state index in [1.165, 1.54) is 0 Å². The van der Waals surface area contributed by atoms with Crippen molar-refractivity contribution in [2.45, 2.75) is 47.1 Å². The van der Waals surface area contributed by atoms with Gasteiger partial charge < -0.3 is 9.22 Å². The van der Waals surface area contributed by atoms with Crippen LogP contribution in [-0.2, 0) is 9.53 Å². The molecule has 17 heavy (non-hydrogen) atoms.